The normalized spacial score (nSPS) is 10.9. The molecule has 0 aromatic heterocycles. The first-order valence-electron chi connectivity index (χ1n) is 8.24. The molecule has 0 atom stereocenters. The van der Waals surface area contributed by atoms with E-state index in [1.165, 1.54) is 26.4 Å². The highest BCUT2D eigenvalue weighted by Crippen LogP contribution is 2.29. The molecule has 2 aromatic carbocycles. The van der Waals surface area contributed by atoms with Crippen molar-refractivity contribution in [2.75, 3.05) is 30.8 Å². The van der Waals surface area contributed by atoms with Crippen molar-refractivity contribution < 1.29 is 22.7 Å². The van der Waals surface area contributed by atoms with Gasteiger partial charge in [-0.05, 0) is 55.4 Å². The van der Waals surface area contributed by atoms with Gasteiger partial charge in [-0.15, -0.1) is 0 Å². The molecule has 27 heavy (non-hydrogen) atoms. The Morgan fingerprint density at radius 1 is 1.04 bits per heavy atom. The molecule has 2 aromatic rings. The molecule has 0 aliphatic heterocycles. The first kappa shape index (κ1) is 20.5. The van der Waals surface area contributed by atoms with Gasteiger partial charge in [-0.3, -0.25) is 9.52 Å². The van der Waals surface area contributed by atoms with Gasteiger partial charge in [-0.25, -0.2) is 8.42 Å². The molecule has 0 aliphatic carbocycles. The van der Waals surface area contributed by atoms with Crippen LogP contribution in [-0.2, 0) is 14.8 Å². The van der Waals surface area contributed by atoms with Gasteiger partial charge >= 0.3 is 0 Å². The zero-order chi connectivity index (χ0) is 19.9. The minimum atomic E-state index is -3.94. The lowest BCUT2D eigenvalue weighted by Crippen LogP contribution is -2.16. The summed E-state index contributed by atoms with van der Waals surface area (Å²) in [5.74, 6) is 0.533. The molecule has 9 heteroatoms. The third kappa shape index (κ3) is 5.60. The van der Waals surface area contributed by atoms with E-state index in [1.54, 1.807) is 30.3 Å². The zero-order valence-corrected chi connectivity index (χ0v) is 16.0. The second kappa shape index (κ2) is 9.24. The number of carbonyl (C=O) groups is 1. The number of hydrogen-bond donors (Lipinski definition) is 3. The Hall–Kier alpha value is -2.78. The zero-order valence-electron chi connectivity index (χ0n) is 15.2. The summed E-state index contributed by atoms with van der Waals surface area (Å²) in [7, 11) is -1.04. The molecule has 0 aliphatic rings. The van der Waals surface area contributed by atoms with Gasteiger partial charge < -0.3 is 20.5 Å². The van der Waals surface area contributed by atoms with Gasteiger partial charge in [0, 0.05) is 17.8 Å². The van der Waals surface area contributed by atoms with E-state index >= 15 is 0 Å². The van der Waals surface area contributed by atoms with Crippen molar-refractivity contribution in [2.24, 2.45) is 5.73 Å². The van der Waals surface area contributed by atoms with Crippen LogP contribution in [0.5, 0.6) is 11.5 Å². The van der Waals surface area contributed by atoms with E-state index in [4.69, 9.17) is 15.2 Å². The van der Waals surface area contributed by atoms with Crippen molar-refractivity contribution in [3.05, 3.63) is 42.5 Å². The van der Waals surface area contributed by atoms with Crippen LogP contribution in [0.25, 0.3) is 0 Å². The molecule has 8 nitrogen and oxygen atoms in total. The third-order valence-electron chi connectivity index (χ3n) is 3.69. The Balaban J connectivity index is 2.27. The molecule has 4 N–H and O–H groups in total. The van der Waals surface area contributed by atoms with Crippen molar-refractivity contribution in [3.8, 4) is 11.5 Å². The average molecular weight is 393 g/mol. The van der Waals surface area contributed by atoms with Crippen LogP contribution < -0.4 is 25.2 Å². The maximum Gasteiger partial charge on any atom is 0.265 e. The van der Waals surface area contributed by atoms with Gasteiger partial charge in [-0.1, -0.05) is 0 Å². The van der Waals surface area contributed by atoms with Crippen LogP contribution in [0.1, 0.15) is 12.8 Å². The number of nitrogens with one attached hydrogen (secondary N) is 2. The van der Waals surface area contributed by atoms with Crippen LogP contribution in [-0.4, -0.2) is 35.1 Å². The van der Waals surface area contributed by atoms with Crippen LogP contribution in [0.4, 0.5) is 11.4 Å². The second-order valence-electron chi connectivity index (χ2n) is 5.64. The highest BCUT2D eigenvalue weighted by Gasteiger charge is 2.21. The molecule has 2 rings (SSSR count). The van der Waals surface area contributed by atoms with Crippen molar-refractivity contribution in [1.29, 1.82) is 0 Å². The van der Waals surface area contributed by atoms with E-state index in [0.29, 0.717) is 30.1 Å². The average Bonchev–Trinajstić information content (AvgIpc) is 2.66. The number of sulfonamides is 1. The van der Waals surface area contributed by atoms with Crippen LogP contribution in [0.3, 0.4) is 0 Å². The summed E-state index contributed by atoms with van der Waals surface area (Å²) in [5, 5.41) is 2.66. The minimum absolute atomic E-state index is 0.0857. The van der Waals surface area contributed by atoms with Crippen LogP contribution in [0.15, 0.2) is 47.4 Å². The van der Waals surface area contributed by atoms with E-state index in [1.807, 2.05) is 0 Å². The van der Waals surface area contributed by atoms with Gasteiger partial charge in [0.25, 0.3) is 10.0 Å². The highest BCUT2D eigenvalue weighted by atomic mass is 32.2. The molecular formula is C18H23N3O5S. The maximum absolute atomic E-state index is 12.8. The molecule has 0 unspecified atom stereocenters. The van der Waals surface area contributed by atoms with Crippen molar-refractivity contribution in [3.63, 3.8) is 0 Å². The number of carbonyl (C=O) groups excluding carboxylic acids is 1. The Kier molecular flexibility index (Phi) is 7.03. The molecule has 0 radical (unpaired) electrons. The smallest absolute Gasteiger partial charge is 0.265 e. The van der Waals surface area contributed by atoms with E-state index in [9.17, 15) is 13.2 Å². The van der Waals surface area contributed by atoms with Gasteiger partial charge in [0.15, 0.2) is 0 Å². The fourth-order valence-electron chi connectivity index (χ4n) is 2.32. The van der Waals surface area contributed by atoms with E-state index in [0.717, 1.165) is 0 Å². The van der Waals surface area contributed by atoms with Crippen LogP contribution in [0.2, 0.25) is 0 Å². The lowest BCUT2D eigenvalue weighted by molar-refractivity contribution is -0.116. The fraction of sp³-hybridized carbons (Fsp3) is 0.278. The minimum Gasteiger partial charge on any atom is -0.497 e. The molecular weight excluding hydrogens is 370 g/mol. The second-order valence-corrected chi connectivity index (χ2v) is 7.29. The maximum atomic E-state index is 12.8. The van der Waals surface area contributed by atoms with Gasteiger partial charge in [0.2, 0.25) is 5.91 Å². The van der Waals surface area contributed by atoms with E-state index in [2.05, 4.69) is 10.0 Å². The summed E-state index contributed by atoms with van der Waals surface area (Å²) in [6.07, 6.45) is 0.806. The number of anilines is 2. The van der Waals surface area contributed by atoms with Gasteiger partial charge in [0.1, 0.15) is 16.4 Å². The van der Waals surface area contributed by atoms with Gasteiger partial charge in [0.05, 0.1) is 14.2 Å². The number of amides is 1. The summed E-state index contributed by atoms with van der Waals surface area (Å²) in [6, 6.07) is 10.9. The number of nitrogens with two attached hydrogens (primary N) is 1. The topological polar surface area (TPSA) is 120 Å². The lowest BCUT2D eigenvalue weighted by atomic mass is 10.2. The quantitative estimate of drug-likeness (QED) is 0.601. The van der Waals surface area contributed by atoms with Crippen LogP contribution in [0, 0.1) is 0 Å². The lowest BCUT2D eigenvalue weighted by Gasteiger charge is -2.14. The Labute approximate surface area is 158 Å². The summed E-state index contributed by atoms with van der Waals surface area (Å²) in [5.41, 5.74) is 6.11. The number of ether oxygens (including phenoxy) is 2. The highest BCUT2D eigenvalue weighted by molar-refractivity contribution is 7.92. The Morgan fingerprint density at radius 3 is 2.30 bits per heavy atom. The Morgan fingerprint density at radius 2 is 1.70 bits per heavy atom. The molecule has 0 saturated heterocycles. The largest absolute Gasteiger partial charge is 0.497 e. The number of methoxy groups -OCH3 is 2. The summed E-state index contributed by atoms with van der Waals surface area (Å²) >= 11 is 0. The molecule has 1 amide bonds. The third-order valence-corrected chi connectivity index (χ3v) is 5.09. The SMILES string of the molecule is COc1ccc(NS(=O)(=O)c2cc(NC(=O)CCCN)ccc2OC)cc1. The molecule has 0 saturated carbocycles. The molecule has 0 bridgehead atoms. The fourth-order valence-corrected chi connectivity index (χ4v) is 3.57. The monoisotopic (exact) mass is 393 g/mol. The molecule has 0 spiro atoms. The number of hydrogen-bond acceptors (Lipinski definition) is 6. The first-order valence-corrected chi connectivity index (χ1v) is 9.72. The van der Waals surface area contributed by atoms with Crippen LogP contribution >= 0.6 is 0 Å². The molecule has 0 heterocycles. The Bertz CT molecular complexity index is 882. The summed E-state index contributed by atoms with van der Waals surface area (Å²) < 4.78 is 38.3. The van der Waals surface area contributed by atoms with Crippen molar-refractivity contribution in [1.82, 2.24) is 0 Å². The molecule has 0 fully saturated rings. The summed E-state index contributed by atoms with van der Waals surface area (Å²) in [6.45, 7) is 0.404. The predicted octanol–water partition coefficient (Wildman–Crippen LogP) is 2.18. The standard InChI is InChI=1S/C18H23N3O5S/c1-25-15-8-5-13(6-9-15)21-27(23,24)17-12-14(7-10-16(17)26-2)20-18(22)4-3-11-19/h5-10,12,21H,3-4,11,19H2,1-2H3,(H,20,22). The predicted molar refractivity (Wildman–Crippen MR) is 104 cm³/mol. The summed E-state index contributed by atoms with van der Waals surface area (Å²) in [4.78, 5) is 11.8. The number of rotatable bonds is 9. The molecule has 146 valence electrons. The van der Waals surface area contributed by atoms with E-state index in [-0.39, 0.29) is 23.0 Å². The van der Waals surface area contributed by atoms with E-state index < -0.39 is 10.0 Å². The number of benzene rings is 2. The van der Waals surface area contributed by atoms with Crippen molar-refractivity contribution in [2.45, 2.75) is 17.7 Å². The van der Waals surface area contributed by atoms with Crippen molar-refractivity contribution >= 4 is 27.3 Å². The van der Waals surface area contributed by atoms with Gasteiger partial charge in [-0.2, -0.15) is 0 Å². The first-order chi connectivity index (χ1) is 12.9.